The zero-order valence-corrected chi connectivity index (χ0v) is 14.5. The molecule has 0 aliphatic carbocycles. The first-order valence-corrected chi connectivity index (χ1v) is 8.20. The fourth-order valence-corrected chi connectivity index (χ4v) is 2.46. The summed E-state index contributed by atoms with van der Waals surface area (Å²) >= 11 is 0. The lowest BCUT2D eigenvalue weighted by Crippen LogP contribution is -2.47. The van der Waals surface area contributed by atoms with Crippen molar-refractivity contribution in [3.8, 4) is 11.5 Å². The molecular weight excluding hydrogens is 326 g/mol. The van der Waals surface area contributed by atoms with Crippen LogP contribution in [0, 0.1) is 0 Å². The molecule has 2 rings (SSSR count). The SMILES string of the molecule is CC(Cc1ccc2c(c1)OCO2)N(C)CNC(=O)C(N)CCC(=O)O. The topological polar surface area (TPSA) is 114 Å². The third kappa shape index (κ3) is 5.61. The quantitative estimate of drug-likeness (QED) is 0.557. The Labute approximate surface area is 146 Å². The van der Waals surface area contributed by atoms with Gasteiger partial charge in [0.15, 0.2) is 11.5 Å². The number of carboxylic acid groups (broad SMARTS) is 1. The molecule has 0 aromatic heterocycles. The highest BCUT2D eigenvalue weighted by Crippen LogP contribution is 2.32. The zero-order valence-electron chi connectivity index (χ0n) is 14.5. The van der Waals surface area contributed by atoms with E-state index in [0.717, 1.165) is 23.5 Å². The van der Waals surface area contributed by atoms with Crippen LogP contribution in [-0.2, 0) is 16.0 Å². The maximum Gasteiger partial charge on any atom is 0.303 e. The molecule has 2 unspecified atom stereocenters. The van der Waals surface area contributed by atoms with Gasteiger partial charge < -0.3 is 25.6 Å². The Kier molecular flexibility index (Phi) is 6.60. The van der Waals surface area contributed by atoms with E-state index in [1.807, 2.05) is 30.1 Å². The number of nitrogens with zero attached hydrogens (tertiary/aromatic N) is 1. The molecule has 1 amide bonds. The van der Waals surface area contributed by atoms with E-state index in [0.29, 0.717) is 6.67 Å². The van der Waals surface area contributed by atoms with Gasteiger partial charge in [0.05, 0.1) is 12.7 Å². The average molecular weight is 351 g/mol. The van der Waals surface area contributed by atoms with Gasteiger partial charge in [-0.3, -0.25) is 14.5 Å². The number of benzene rings is 1. The molecule has 0 fully saturated rings. The van der Waals surface area contributed by atoms with E-state index in [-0.39, 0.29) is 31.6 Å². The molecular formula is C17H25N3O5. The van der Waals surface area contributed by atoms with Crippen molar-refractivity contribution in [1.82, 2.24) is 10.2 Å². The average Bonchev–Trinajstić information content (AvgIpc) is 3.04. The van der Waals surface area contributed by atoms with E-state index >= 15 is 0 Å². The summed E-state index contributed by atoms with van der Waals surface area (Å²) in [6.07, 6.45) is 0.788. The molecule has 8 nitrogen and oxygen atoms in total. The minimum absolute atomic E-state index is 0.120. The minimum Gasteiger partial charge on any atom is -0.481 e. The van der Waals surface area contributed by atoms with E-state index in [1.54, 1.807) is 0 Å². The first-order chi connectivity index (χ1) is 11.9. The summed E-state index contributed by atoms with van der Waals surface area (Å²) in [5.74, 6) is 0.207. The maximum absolute atomic E-state index is 11.9. The molecule has 138 valence electrons. The second-order valence-corrected chi connectivity index (χ2v) is 6.24. The van der Waals surface area contributed by atoms with E-state index in [9.17, 15) is 9.59 Å². The molecule has 1 aromatic carbocycles. The van der Waals surface area contributed by atoms with Crippen molar-refractivity contribution in [2.75, 3.05) is 20.5 Å². The second-order valence-electron chi connectivity index (χ2n) is 6.24. The van der Waals surface area contributed by atoms with Gasteiger partial charge in [0, 0.05) is 12.5 Å². The van der Waals surface area contributed by atoms with Crippen molar-refractivity contribution < 1.29 is 24.2 Å². The Morgan fingerprint density at radius 2 is 2.08 bits per heavy atom. The molecule has 8 heteroatoms. The Hall–Kier alpha value is -2.32. The summed E-state index contributed by atoms with van der Waals surface area (Å²) in [6.45, 7) is 2.65. The number of rotatable bonds is 9. The summed E-state index contributed by atoms with van der Waals surface area (Å²) in [5, 5.41) is 11.4. The molecule has 2 atom stereocenters. The standard InChI is InChI=1S/C17H25N3O5/c1-11(7-12-3-5-14-15(8-12)25-10-24-14)20(2)9-19-17(23)13(18)4-6-16(21)22/h3,5,8,11,13H,4,6-7,9-10,18H2,1-2H3,(H,19,23)(H,21,22). The fourth-order valence-electron chi connectivity index (χ4n) is 2.46. The number of likely N-dealkylation sites (N-methyl/N-ethyl adjacent to an activating group) is 1. The van der Waals surface area contributed by atoms with Gasteiger partial charge in [-0.05, 0) is 44.5 Å². The predicted octanol–water partition coefficient (Wildman–Crippen LogP) is 0.544. The molecule has 1 aliphatic heterocycles. The molecule has 0 saturated carbocycles. The number of aliphatic carboxylic acids is 1. The van der Waals surface area contributed by atoms with Crippen molar-refractivity contribution in [3.05, 3.63) is 23.8 Å². The van der Waals surface area contributed by atoms with Crippen LogP contribution in [0.1, 0.15) is 25.3 Å². The number of carbonyl (C=O) groups excluding carboxylic acids is 1. The van der Waals surface area contributed by atoms with Gasteiger partial charge in [0.25, 0.3) is 0 Å². The molecule has 0 spiro atoms. The van der Waals surface area contributed by atoms with Crippen molar-refractivity contribution >= 4 is 11.9 Å². The summed E-state index contributed by atoms with van der Waals surface area (Å²) in [6, 6.07) is 5.23. The summed E-state index contributed by atoms with van der Waals surface area (Å²) in [4.78, 5) is 24.4. The van der Waals surface area contributed by atoms with Gasteiger partial charge in [-0.25, -0.2) is 0 Å². The van der Waals surface area contributed by atoms with Gasteiger partial charge in [-0.15, -0.1) is 0 Å². The molecule has 4 N–H and O–H groups in total. The van der Waals surface area contributed by atoms with E-state index < -0.39 is 12.0 Å². The Morgan fingerprint density at radius 1 is 1.36 bits per heavy atom. The van der Waals surface area contributed by atoms with E-state index in [2.05, 4.69) is 12.2 Å². The van der Waals surface area contributed by atoms with Gasteiger partial charge in [-0.1, -0.05) is 6.07 Å². The van der Waals surface area contributed by atoms with Gasteiger partial charge in [0.1, 0.15) is 0 Å². The molecule has 1 heterocycles. The van der Waals surface area contributed by atoms with Crippen LogP contribution in [0.15, 0.2) is 18.2 Å². The third-order valence-electron chi connectivity index (χ3n) is 4.23. The highest BCUT2D eigenvalue weighted by molar-refractivity contribution is 5.82. The van der Waals surface area contributed by atoms with Crippen LogP contribution in [0.4, 0.5) is 0 Å². The normalized spacial score (nSPS) is 15.0. The highest BCUT2D eigenvalue weighted by Gasteiger charge is 2.18. The largest absolute Gasteiger partial charge is 0.481 e. The summed E-state index contributed by atoms with van der Waals surface area (Å²) in [7, 11) is 1.90. The molecule has 1 aliphatic rings. The number of ether oxygens (including phenoxy) is 2. The lowest BCUT2D eigenvalue weighted by molar-refractivity contribution is -0.137. The number of hydrogen-bond donors (Lipinski definition) is 3. The third-order valence-corrected chi connectivity index (χ3v) is 4.23. The van der Waals surface area contributed by atoms with Crippen LogP contribution in [0.3, 0.4) is 0 Å². The number of fused-ring (bicyclic) bond motifs is 1. The van der Waals surface area contributed by atoms with Gasteiger partial charge >= 0.3 is 5.97 Å². The molecule has 1 aromatic rings. The second kappa shape index (κ2) is 8.68. The number of hydrogen-bond acceptors (Lipinski definition) is 6. The lowest BCUT2D eigenvalue weighted by atomic mass is 10.1. The summed E-state index contributed by atoms with van der Waals surface area (Å²) in [5.41, 5.74) is 6.80. The van der Waals surface area contributed by atoms with Crippen molar-refractivity contribution in [3.63, 3.8) is 0 Å². The van der Waals surface area contributed by atoms with Crippen molar-refractivity contribution in [2.24, 2.45) is 5.73 Å². The van der Waals surface area contributed by atoms with Gasteiger partial charge in [-0.2, -0.15) is 0 Å². The van der Waals surface area contributed by atoms with E-state index in [1.165, 1.54) is 0 Å². The van der Waals surface area contributed by atoms with Crippen LogP contribution in [-0.4, -0.2) is 54.5 Å². The number of nitrogens with two attached hydrogens (primary N) is 1. The highest BCUT2D eigenvalue weighted by atomic mass is 16.7. The molecule has 0 radical (unpaired) electrons. The lowest BCUT2D eigenvalue weighted by Gasteiger charge is -2.25. The predicted molar refractivity (Wildman–Crippen MR) is 91.3 cm³/mol. The Morgan fingerprint density at radius 3 is 2.80 bits per heavy atom. The monoisotopic (exact) mass is 351 g/mol. The van der Waals surface area contributed by atoms with Crippen LogP contribution in [0.25, 0.3) is 0 Å². The van der Waals surface area contributed by atoms with E-state index in [4.69, 9.17) is 20.3 Å². The maximum atomic E-state index is 11.9. The van der Waals surface area contributed by atoms with Crippen molar-refractivity contribution in [1.29, 1.82) is 0 Å². The number of nitrogens with one attached hydrogen (secondary N) is 1. The van der Waals surface area contributed by atoms with Gasteiger partial charge in [0.2, 0.25) is 12.7 Å². The molecule has 0 bridgehead atoms. The smallest absolute Gasteiger partial charge is 0.303 e. The summed E-state index contributed by atoms with van der Waals surface area (Å²) < 4.78 is 10.7. The van der Waals surface area contributed by atoms with Crippen molar-refractivity contribution in [2.45, 2.75) is 38.3 Å². The Balaban J connectivity index is 1.77. The fraction of sp³-hybridized carbons (Fsp3) is 0.529. The van der Waals surface area contributed by atoms with Crippen LogP contribution < -0.4 is 20.5 Å². The Bertz CT molecular complexity index is 622. The first-order valence-electron chi connectivity index (χ1n) is 8.20. The zero-order chi connectivity index (χ0) is 18.4. The number of carbonyl (C=O) groups is 2. The van der Waals surface area contributed by atoms with Crippen LogP contribution in [0.2, 0.25) is 0 Å². The van der Waals surface area contributed by atoms with Crippen LogP contribution >= 0.6 is 0 Å². The first kappa shape index (κ1) is 19.0. The number of carboxylic acids is 1. The van der Waals surface area contributed by atoms with Crippen LogP contribution in [0.5, 0.6) is 11.5 Å². The number of amides is 1. The minimum atomic E-state index is -0.960. The molecule has 25 heavy (non-hydrogen) atoms. The molecule has 0 saturated heterocycles.